The Hall–Kier alpha value is -2.21. The maximum absolute atomic E-state index is 7.13. The van der Waals surface area contributed by atoms with Gasteiger partial charge in [0.15, 0.2) is 0 Å². The van der Waals surface area contributed by atoms with Crippen LogP contribution in [0.25, 0.3) is 22.5 Å². The Labute approximate surface area is 146 Å². The van der Waals surface area contributed by atoms with Gasteiger partial charge in [-0.15, -0.1) is 71.8 Å². The van der Waals surface area contributed by atoms with E-state index >= 15 is 0 Å². The summed E-state index contributed by atoms with van der Waals surface area (Å²) in [6.45, 7) is 0. The van der Waals surface area contributed by atoms with Crippen LogP contribution in [-0.4, -0.2) is 4.98 Å². The summed E-state index contributed by atoms with van der Waals surface area (Å²) in [4.78, 5) is 4.65. The van der Waals surface area contributed by atoms with Gasteiger partial charge in [-0.2, -0.15) is 0 Å². The average Bonchev–Trinajstić information content (AvgIpc) is 2.57. The number of hydrogen-bond donors (Lipinski definition) is 0. The number of thiocyanates is 1. The van der Waals surface area contributed by atoms with Gasteiger partial charge >= 0.3 is 16.5 Å². The summed E-state index contributed by atoms with van der Waals surface area (Å²) in [6, 6.07) is 28.1. The van der Waals surface area contributed by atoms with E-state index in [9.17, 15) is 0 Å². The van der Waals surface area contributed by atoms with Crippen molar-refractivity contribution in [2.24, 2.45) is 0 Å². The zero-order chi connectivity index (χ0) is 14.9. The van der Waals surface area contributed by atoms with Crippen LogP contribution in [0.2, 0.25) is 0 Å². The molecule has 2 nitrogen and oxygen atoms in total. The third-order valence-corrected chi connectivity index (χ3v) is 2.72. The fourth-order valence-electron chi connectivity index (χ4n) is 1.84. The quantitative estimate of drug-likeness (QED) is 0.304. The van der Waals surface area contributed by atoms with Gasteiger partial charge in [-0.05, 0) is 11.4 Å². The van der Waals surface area contributed by atoms with Crippen LogP contribution in [0.5, 0.6) is 0 Å². The molecule has 0 spiro atoms. The monoisotopic (exact) mass is 345 g/mol. The molecule has 22 heavy (non-hydrogen) atoms. The van der Waals surface area contributed by atoms with Gasteiger partial charge in [0.2, 0.25) is 0 Å². The first kappa shape index (κ1) is 17.8. The van der Waals surface area contributed by atoms with Crippen LogP contribution in [-0.2, 0) is 29.1 Å². The summed E-state index contributed by atoms with van der Waals surface area (Å²) in [5, 5.41) is 8.47. The molecule has 0 aliphatic rings. The SMILES string of the molecule is N#C[S-].[Ni+3].[c-]1ccccc1-c1cccc(-c2[c-]cccc2)n1. The van der Waals surface area contributed by atoms with Crippen LogP contribution < -0.4 is 0 Å². The standard InChI is InChI=1S/C17H11N.CHNS.Ni/c1-3-8-14(9-4-1)16-12-7-13-17(18-16)15-10-5-2-6-11-15;2-1-3;/h1-8,10,12-13H;3H;/q-2;;+3/p-1. The molecule has 0 atom stereocenters. The van der Waals surface area contributed by atoms with Crippen LogP contribution in [0.1, 0.15) is 0 Å². The summed E-state index contributed by atoms with van der Waals surface area (Å²) >= 11 is 3.70. The zero-order valence-electron chi connectivity index (χ0n) is 11.5. The average molecular weight is 346 g/mol. The fraction of sp³-hybridized carbons (Fsp3) is 0. The Kier molecular flexibility index (Phi) is 7.85. The maximum Gasteiger partial charge on any atom is 3.00 e. The Morgan fingerprint density at radius 1 is 0.818 bits per heavy atom. The van der Waals surface area contributed by atoms with E-state index in [0.29, 0.717) is 0 Å². The second kappa shape index (κ2) is 9.68. The molecular formula is C18H11N2NiS. The van der Waals surface area contributed by atoms with Crippen LogP contribution >= 0.6 is 0 Å². The Morgan fingerprint density at radius 3 is 1.64 bits per heavy atom. The number of pyridine rings is 1. The van der Waals surface area contributed by atoms with Gasteiger partial charge in [-0.3, -0.25) is 0 Å². The van der Waals surface area contributed by atoms with Crippen molar-refractivity contribution in [2.75, 3.05) is 0 Å². The minimum absolute atomic E-state index is 0. The van der Waals surface area contributed by atoms with Gasteiger partial charge in [-0.1, -0.05) is 23.6 Å². The second-order valence-electron chi connectivity index (χ2n) is 4.05. The molecule has 3 aromatic rings. The van der Waals surface area contributed by atoms with Crippen molar-refractivity contribution < 1.29 is 16.5 Å². The minimum atomic E-state index is 0. The Bertz CT molecular complexity index is 670. The van der Waals surface area contributed by atoms with Crippen molar-refractivity contribution in [3.63, 3.8) is 0 Å². The van der Waals surface area contributed by atoms with Crippen LogP contribution in [0.4, 0.5) is 0 Å². The third-order valence-electron chi connectivity index (χ3n) is 2.72. The van der Waals surface area contributed by atoms with E-state index in [-0.39, 0.29) is 16.5 Å². The number of benzene rings is 2. The summed E-state index contributed by atoms with van der Waals surface area (Å²) < 4.78 is 0. The van der Waals surface area contributed by atoms with Crippen molar-refractivity contribution in [3.05, 3.63) is 78.9 Å². The van der Waals surface area contributed by atoms with Crippen molar-refractivity contribution in [1.29, 1.82) is 5.26 Å². The van der Waals surface area contributed by atoms with E-state index < -0.39 is 0 Å². The molecule has 0 bridgehead atoms. The van der Waals surface area contributed by atoms with Crippen molar-refractivity contribution in [1.82, 2.24) is 4.98 Å². The summed E-state index contributed by atoms with van der Waals surface area (Å²) in [7, 11) is 0. The van der Waals surface area contributed by atoms with Crippen molar-refractivity contribution in [3.8, 4) is 27.9 Å². The van der Waals surface area contributed by atoms with Gasteiger partial charge in [0, 0.05) is 0 Å². The molecular weight excluding hydrogens is 335 g/mol. The van der Waals surface area contributed by atoms with Gasteiger partial charge in [0.25, 0.3) is 0 Å². The number of rotatable bonds is 2. The molecule has 1 heterocycles. The molecule has 0 unspecified atom stereocenters. The van der Waals surface area contributed by atoms with Crippen molar-refractivity contribution in [2.45, 2.75) is 0 Å². The minimum Gasteiger partial charge on any atom is -0.696 e. The van der Waals surface area contributed by atoms with E-state index in [2.05, 4.69) is 29.7 Å². The summed E-state index contributed by atoms with van der Waals surface area (Å²) in [6.07, 6.45) is 0. The summed E-state index contributed by atoms with van der Waals surface area (Å²) in [5.41, 5.74) is 3.89. The second-order valence-corrected chi connectivity index (χ2v) is 4.23. The molecule has 0 saturated carbocycles. The molecule has 109 valence electrons. The van der Waals surface area contributed by atoms with Gasteiger partial charge < -0.3 is 17.6 Å². The maximum atomic E-state index is 7.13. The van der Waals surface area contributed by atoms with Crippen LogP contribution in [0.3, 0.4) is 0 Å². The molecule has 0 aliphatic heterocycles. The van der Waals surface area contributed by atoms with Gasteiger partial charge in [-0.25, -0.2) is 5.26 Å². The van der Waals surface area contributed by atoms with E-state index in [1.54, 1.807) is 0 Å². The predicted molar refractivity (Wildman–Crippen MR) is 85.8 cm³/mol. The van der Waals surface area contributed by atoms with E-state index in [4.69, 9.17) is 5.26 Å². The Morgan fingerprint density at radius 2 is 1.27 bits per heavy atom. The smallest absolute Gasteiger partial charge is 0.696 e. The fourth-order valence-corrected chi connectivity index (χ4v) is 1.84. The third kappa shape index (κ3) is 4.96. The first-order valence-corrected chi connectivity index (χ1v) is 6.68. The normalized spacial score (nSPS) is 8.68. The molecule has 2 aromatic carbocycles. The predicted octanol–water partition coefficient (Wildman–Crippen LogP) is 4.03. The molecule has 1 radical (unpaired) electrons. The van der Waals surface area contributed by atoms with Crippen molar-refractivity contribution >= 4 is 12.6 Å². The molecule has 0 aliphatic carbocycles. The van der Waals surface area contributed by atoms with Gasteiger partial charge in [0.1, 0.15) is 0 Å². The van der Waals surface area contributed by atoms with Crippen LogP contribution in [0, 0.1) is 22.8 Å². The number of nitrogens with zero attached hydrogens (tertiary/aromatic N) is 2. The molecule has 0 fully saturated rings. The van der Waals surface area contributed by atoms with E-state index in [0.717, 1.165) is 22.5 Å². The summed E-state index contributed by atoms with van der Waals surface area (Å²) in [5.74, 6) is 0. The first-order valence-electron chi connectivity index (χ1n) is 6.27. The molecule has 0 N–H and O–H groups in total. The molecule has 3 rings (SSSR count). The van der Waals surface area contributed by atoms with Crippen LogP contribution in [0.15, 0.2) is 66.7 Å². The molecule has 0 amide bonds. The number of hydrogen-bond acceptors (Lipinski definition) is 3. The number of aromatic nitrogens is 1. The van der Waals surface area contributed by atoms with Gasteiger partial charge in [0.05, 0.1) is 0 Å². The van der Waals surface area contributed by atoms with E-state index in [1.807, 2.05) is 66.7 Å². The largest absolute Gasteiger partial charge is 3.00 e. The number of nitriles is 1. The molecule has 1 aromatic heterocycles. The topological polar surface area (TPSA) is 36.7 Å². The van der Waals surface area contributed by atoms with E-state index in [1.165, 1.54) is 5.40 Å². The first-order chi connectivity index (χ1) is 10.3. The molecule has 0 saturated heterocycles. The molecule has 4 heteroatoms. The zero-order valence-corrected chi connectivity index (χ0v) is 13.3. The Balaban J connectivity index is 0.000000562.